The molecule has 0 radical (unpaired) electrons. The van der Waals surface area contributed by atoms with Gasteiger partial charge in [0.15, 0.2) is 0 Å². The van der Waals surface area contributed by atoms with Gasteiger partial charge in [-0.15, -0.1) is 0 Å². The van der Waals surface area contributed by atoms with Crippen molar-refractivity contribution in [2.24, 2.45) is 0 Å². The van der Waals surface area contributed by atoms with E-state index in [9.17, 15) is 24.0 Å². The van der Waals surface area contributed by atoms with Gasteiger partial charge in [0.25, 0.3) is 5.91 Å². The van der Waals surface area contributed by atoms with Crippen molar-refractivity contribution >= 4 is 29.6 Å². The number of alkyl carbamates (subject to hydrolysis) is 1. The molecular formula is C58H54N4O11. The van der Waals surface area contributed by atoms with E-state index < -0.39 is 47.7 Å². The largest absolute Gasteiger partial charge is 0.497 e. The zero-order valence-corrected chi connectivity index (χ0v) is 40.5. The topological polar surface area (TPSA) is 183 Å². The molecule has 1 fully saturated rings. The molecule has 6 aromatic carbocycles. The minimum atomic E-state index is -1.23. The van der Waals surface area contributed by atoms with Gasteiger partial charge < -0.3 is 43.8 Å². The molecule has 1 aromatic heterocycles. The molecule has 1 aliphatic heterocycles. The number of fused-ring (bicyclic) bond motifs is 3. The van der Waals surface area contributed by atoms with Gasteiger partial charge in [0.05, 0.1) is 27.2 Å². The van der Waals surface area contributed by atoms with Crippen molar-refractivity contribution in [1.29, 1.82) is 0 Å². The molecule has 73 heavy (non-hydrogen) atoms. The molecule has 2 N–H and O–H groups in total. The van der Waals surface area contributed by atoms with E-state index in [2.05, 4.69) is 39.9 Å². The van der Waals surface area contributed by atoms with E-state index in [4.69, 9.17) is 28.4 Å². The molecule has 9 rings (SSSR count). The summed E-state index contributed by atoms with van der Waals surface area (Å²) in [5.41, 5.74) is 5.94. The third kappa shape index (κ3) is 11.1. The van der Waals surface area contributed by atoms with Crippen LogP contribution in [-0.2, 0) is 40.7 Å². The average molecular weight is 983 g/mol. The van der Waals surface area contributed by atoms with Crippen molar-refractivity contribution in [1.82, 2.24) is 14.9 Å². The van der Waals surface area contributed by atoms with Crippen LogP contribution in [0.25, 0.3) is 11.1 Å². The second-order valence-electron chi connectivity index (χ2n) is 17.7. The minimum Gasteiger partial charge on any atom is -0.497 e. The van der Waals surface area contributed by atoms with Crippen LogP contribution >= 0.6 is 0 Å². The lowest BCUT2D eigenvalue weighted by Crippen LogP contribution is -2.39. The Morgan fingerprint density at radius 2 is 1.29 bits per heavy atom. The number of benzene rings is 6. The molecule has 1 unspecified atom stereocenters. The molecule has 2 amide bonds. The number of amides is 2. The van der Waals surface area contributed by atoms with Crippen LogP contribution in [0.1, 0.15) is 82.1 Å². The average Bonchev–Trinajstić information content (AvgIpc) is 3.97. The number of hydrogen-bond donors (Lipinski definition) is 2. The summed E-state index contributed by atoms with van der Waals surface area (Å²) in [5, 5.41) is 5.47. The van der Waals surface area contributed by atoms with E-state index in [0.29, 0.717) is 17.1 Å². The SMILES string of the molecule is COc1ccc(C(OC[C@H]2O[C@@H](n3ccc(NC(=O)c4ccc(CNC(=O)OCC5c6ccccc6-c6ccccc65)cc4)nc3=O)CC2OC(=O)CCC(C)=O)(c2ccccc2)c2ccc(OC)cc2)cc1. The minimum absolute atomic E-state index is 0.00367. The van der Waals surface area contributed by atoms with Gasteiger partial charge in [0, 0.05) is 37.1 Å². The quantitative estimate of drug-likeness (QED) is 0.0580. The highest BCUT2D eigenvalue weighted by Crippen LogP contribution is 2.45. The van der Waals surface area contributed by atoms with E-state index in [1.54, 1.807) is 38.5 Å². The van der Waals surface area contributed by atoms with Gasteiger partial charge in [-0.1, -0.05) is 115 Å². The molecule has 2 aliphatic rings. The molecule has 2 heterocycles. The van der Waals surface area contributed by atoms with Crippen molar-refractivity contribution < 1.29 is 47.6 Å². The maximum absolute atomic E-state index is 13.7. The summed E-state index contributed by atoms with van der Waals surface area (Å²) in [6, 6.07) is 49.1. The number of nitrogens with zero attached hydrogens (tertiary/aromatic N) is 2. The summed E-state index contributed by atoms with van der Waals surface area (Å²) in [6.07, 6.45) is -1.92. The Morgan fingerprint density at radius 3 is 1.88 bits per heavy atom. The standard InChI is InChI=1S/C58H54N4O11/c1-37(63)17-30-54(64)73-50-33-53(72-51(50)36-71-58(40-11-5-4-6-12-40,41-22-26-43(68-2)27-23-41)42-24-28-44(69-3)29-25-42)62-32-31-52(61-56(62)66)60-55(65)39-20-18-38(19-21-39)34-59-57(67)70-35-49-47-15-9-7-13-45(47)46-14-8-10-16-48(46)49/h4-16,18-29,31-32,49-51,53H,17,30,33-36H2,1-3H3,(H,59,67)(H,60,61,65,66)/t50?,51-,53-/m1/s1. The van der Waals surface area contributed by atoms with Gasteiger partial charge in [-0.3, -0.25) is 14.2 Å². The summed E-state index contributed by atoms with van der Waals surface area (Å²) in [7, 11) is 3.18. The van der Waals surface area contributed by atoms with Crippen LogP contribution < -0.4 is 25.8 Å². The summed E-state index contributed by atoms with van der Waals surface area (Å²) < 4.78 is 37.5. The van der Waals surface area contributed by atoms with Gasteiger partial charge in [-0.25, -0.2) is 9.59 Å². The first-order valence-corrected chi connectivity index (χ1v) is 23.9. The van der Waals surface area contributed by atoms with E-state index in [1.807, 2.05) is 103 Å². The number of carbonyl (C=O) groups excluding carboxylic acids is 4. The first kappa shape index (κ1) is 49.6. The van der Waals surface area contributed by atoms with Crippen molar-refractivity contribution in [2.45, 2.75) is 62.7 Å². The fourth-order valence-electron chi connectivity index (χ4n) is 9.42. The number of aromatic nitrogens is 2. The second-order valence-corrected chi connectivity index (χ2v) is 17.7. The number of anilines is 1. The molecule has 15 heteroatoms. The van der Waals surface area contributed by atoms with Crippen molar-refractivity contribution in [2.75, 3.05) is 32.8 Å². The number of methoxy groups -OCH3 is 2. The van der Waals surface area contributed by atoms with E-state index >= 15 is 0 Å². The number of esters is 1. The highest BCUT2D eigenvalue weighted by molar-refractivity contribution is 6.03. The van der Waals surface area contributed by atoms with Crippen molar-refractivity contribution in [3.05, 3.63) is 213 Å². The molecule has 0 saturated carbocycles. The molecule has 1 aliphatic carbocycles. The Bertz CT molecular complexity index is 3050. The number of Topliss-reactive ketones (excluding diaryl/α,β-unsaturated/α-hetero) is 1. The van der Waals surface area contributed by atoms with Crippen molar-refractivity contribution in [3.8, 4) is 22.6 Å². The predicted octanol–water partition coefficient (Wildman–Crippen LogP) is 9.13. The molecule has 0 bridgehead atoms. The van der Waals surface area contributed by atoms with Gasteiger partial charge >= 0.3 is 17.8 Å². The summed E-state index contributed by atoms with van der Waals surface area (Å²) in [5.74, 6) is -0.0294. The number of carbonyl (C=O) groups is 4. The van der Waals surface area contributed by atoms with Crippen LogP contribution in [0.2, 0.25) is 0 Å². The number of nitrogens with one attached hydrogen (secondary N) is 2. The number of ether oxygens (including phenoxy) is 6. The number of rotatable bonds is 19. The summed E-state index contributed by atoms with van der Waals surface area (Å²) >= 11 is 0. The van der Waals surface area contributed by atoms with E-state index in [1.165, 1.54) is 23.8 Å². The second kappa shape index (κ2) is 22.4. The maximum Gasteiger partial charge on any atom is 0.407 e. The smallest absolute Gasteiger partial charge is 0.407 e. The van der Waals surface area contributed by atoms with Crippen LogP contribution in [0.5, 0.6) is 11.5 Å². The van der Waals surface area contributed by atoms with Crippen LogP contribution in [0.4, 0.5) is 10.6 Å². The molecular weight excluding hydrogens is 929 g/mol. The Morgan fingerprint density at radius 1 is 0.699 bits per heavy atom. The van der Waals surface area contributed by atoms with Gasteiger partial charge in [-0.05, 0) is 93.9 Å². The zero-order chi connectivity index (χ0) is 50.9. The highest BCUT2D eigenvalue weighted by atomic mass is 16.6. The van der Waals surface area contributed by atoms with E-state index in [-0.39, 0.29) is 56.5 Å². The van der Waals surface area contributed by atoms with E-state index in [0.717, 1.165) is 44.5 Å². The molecule has 1 saturated heterocycles. The lowest BCUT2D eigenvalue weighted by Gasteiger charge is -2.37. The Hall–Kier alpha value is -8.40. The first-order valence-electron chi connectivity index (χ1n) is 23.9. The van der Waals surface area contributed by atoms with Crippen LogP contribution in [0.3, 0.4) is 0 Å². The zero-order valence-electron chi connectivity index (χ0n) is 40.5. The Labute approximate surface area is 422 Å². The fraction of sp³-hybridized carbons (Fsp3) is 0.241. The maximum atomic E-state index is 13.7. The number of ketones is 1. The normalized spacial score (nSPS) is 15.9. The summed E-state index contributed by atoms with van der Waals surface area (Å²) in [4.78, 5) is 69.0. The lowest BCUT2D eigenvalue weighted by molar-refractivity contribution is -0.156. The molecule has 7 aromatic rings. The summed E-state index contributed by atoms with van der Waals surface area (Å²) in [6.45, 7) is 1.65. The molecule has 0 spiro atoms. The molecule has 15 nitrogen and oxygen atoms in total. The fourth-order valence-corrected chi connectivity index (χ4v) is 9.42. The highest BCUT2D eigenvalue weighted by Gasteiger charge is 2.44. The van der Waals surface area contributed by atoms with Crippen molar-refractivity contribution in [3.63, 3.8) is 0 Å². The Kier molecular flexibility index (Phi) is 15.2. The van der Waals surface area contributed by atoms with Crippen LogP contribution in [0.15, 0.2) is 169 Å². The molecule has 3 atom stereocenters. The monoisotopic (exact) mass is 982 g/mol. The predicted molar refractivity (Wildman–Crippen MR) is 271 cm³/mol. The van der Waals surface area contributed by atoms with Crippen LogP contribution in [-0.4, -0.2) is 72.9 Å². The first-order chi connectivity index (χ1) is 35.5. The van der Waals surface area contributed by atoms with Gasteiger partial charge in [-0.2, -0.15) is 4.98 Å². The van der Waals surface area contributed by atoms with Gasteiger partial charge in [0.2, 0.25) is 0 Å². The lowest BCUT2D eigenvalue weighted by atomic mass is 9.80. The molecule has 372 valence electrons. The number of hydrogen-bond acceptors (Lipinski definition) is 12. The van der Waals surface area contributed by atoms with Crippen LogP contribution in [0, 0.1) is 0 Å². The third-order valence-corrected chi connectivity index (χ3v) is 13.2. The van der Waals surface area contributed by atoms with Gasteiger partial charge in [0.1, 0.15) is 53.7 Å². The Balaban J connectivity index is 0.868. The third-order valence-electron chi connectivity index (χ3n) is 13.2.